The maximum atomic E-state index is 4.76. The second-order valence-electron chi connectivity index (χ2n) is 5.70. The first-order valence-corrected chi connectivity index (χ1v) is 7.56. The molecule has 0 bridgehead atoms. The number of aryl methyl sites for hydroxylation is 3. The minimum absolute atomic E-state index is 0.806. The Hall–Kier alpha value is -2.95. The van der Waals surface area contributed by atoms with E-state index >= 15 is 0 Å². The molecule has 0 radical (unpaired) electrons. The van der Waals surface area contributed by atoms with Crippen molar-refractivity contribution in [3.05, 3.63) is 59.9 Å². The topological polar surface area (TPSA) is 48.5 Å². The number of pyridine rings is 1. The molecule has 4 rings (SSSR count). The molecule has 0 spiro atoms. The van der Waals surface area contributed by atoms with Crippen LogP contribution in [0.1, 0.15) is 11.4 Å². The lowest BCUT2D eigenvalue weighted by molar-refractivity contribution is 0.805. The summed E-state index contributed by atoms with van der Waals surface area (Å²) in [6.45, 7) is 4.02. The third-order valence-electron chi connectivity index (χ3n) is 3.98. The van der Waals surface area contributed by atoms with E-state index in [0.717, 1.165) is 39.8 Å². The predicted molar refractivity (Wildman–Crippen MR) is 90.5 cm³/mol. The highest BCUT2D eigenvalue weighted by molar-refractivity contribution is 5.79. The molecule has 4 aromatic rings. The molecule has 0 N–H and O–H groups in total. The molecule has 0 atom stereocenters. The van der Waals surface area contributed by atoms with Crippen LogP contribution >= 0.6 is 0 Å². The van der Waals surface area contributed by atoms with Gasteiger partial charge in [0.1, 0.15) is 5.69 Å². The molecular weight excluding hydrogens is 286 g/mol. The van der Waals surface area contributed by atoms with Gasteiger partial charge in [0.25, 0.3) is 0 Å². The molecule has 5 heteroatoms. The van der Waals surface area contributed by atoms with Gasteiger partial charge >= 0.3 is 0 Å². The lowest BCUT2D eigenvalue weighted by Crippen LogP contribution is -2.03. The Morgan fingerprint density at radius 2 is 1.74 bits per heavy atom. The van der Waals surface area contributed by atoms with Gasteiger partial charge in [-0.05, 0) is 44.2 Å². The zero-order chi connectivity index (χ0) is 16.0. The first-order valence-electron chi connectivity index (χ1n) is 7.56. The standard InChI is InChI=1S/C18H17N5/c1-12-11-13(2)23(21-12)17-10-6-8-15(19-17)18-20-14-7-4-5-9-16(14)22(18)3/h4-11H,1-3H3. The maximum Gasteiger partial charge on any atom is 0.159 e. The van der Waals surface area contributed by atoms with Gasteiger partial charge in [0.05, 0.1) is 16.7 Å². The summed E-state index contributed by atoms with van der Waals surface area (Å²) in [7, 11) is 2.02. The van der Waals surface area contributed by atoms with E-state index in [1.54, 1.807) is 0 Å². The summed E-state index contributed by atoms with van der Waals surface area (Å²) in [6, 6.07) is 16.1. The Kier molecular flexibility index (Phi) is 3.01. The zero-order valence-electron chi connectivity index (χ0n) is 13.4. The molecule has 3 aromatic heterocycles. The van der Waals surface area contributed by atoms with Gasteiger partial charge in [-0.15, -0.1) is 0 Å². The fraction of sp³-hybridized carbons (Fsp3) is 0.167. The predicted octanol–water partition coefficient (Wildman–Crippen LogP) is 3.44. The molecule has 0 aliphatic carbocycles. The molecule has 23 heavy (non-hydrogen) atoms. The van der Waals surface area contributed by atoms with Crippen molar-refractivity contribution in [1.29, 1.82) is 0 Å². The first-order chi connectivity index (χ1) is 11.1. The first kappa shape index (κ1) is 13.7. The van der Waals surface area contributed by atoms with Crippen molar-refractivity contribution in [2.75, 3.05) is 0 Å². The van der Waals surface area contributed by atoms with Crippen LogP contribution in [0.15, 0.2) is 48.5 Å². The lowest BCUT2D eigenvalue weighted by atomic mass is 10.3. The summed E-state index contributed by atoms with van der Waals surface area (Å²) in [6.07, 6.45) is 0. The van der Waals surface area contributed by atoms with E-state index in [0.29, 0.717) is 0 Å². The summed E-state index contributed by atoms with van der Waals surface area (Å²) in [4.78, 5) is 9.48. The minimum atomic E-state index is 0.806. The van der Waals surface area contributed by atoms with Crippen LogP contribution in [0.25, 0.3) is 28.4 Å². The van der Waals surface area contributed by atoms with Crippen LogP contribution in [0, 0.1) is 13.8 Å². The van der Waals surface area contributed by atoms with Gasteiger partial charge < -0.3 is 4.57 Å². The van der Waals surface area contributed by atoms with Crippen LogP contribution < -0.4 is 0 Å². The zero-order valence-corrected chi connectivity index (χ0v) is 13.4. The fourth-order valence-corrected chi connectivity index (χ4v) is 2.90. The van der Waals surface area contributed by atoms with Gasteiger partial charge in [0.15, 0.2) is 11.6 Å². The lowest BCUT2D eigenvalue weighted by Gasteiger charge is -2.06. The summed E-state index contributed by atoms with van der Waals surface area (Å²) in [5.74, 6) is 1.66. The van der Waals surface area contributed by atoms with Crippen LogP contribution in [0.2, 0.25) is 0 Å². The molecule has 3 heterocycles. The van der Waals surface area contributed by atoms with E-state index in [-0.39, 0.29) is 0 Å². The number of hydrogen-bond donors (Lipinski definition) is 0. The molecular formula is C18H17N5. The molecule has 0 saturated heterocycles. The van der Waals surface area contributed by atoms with Crippen molar-refractivity contribution in [3.8, 4) is 17.3 Å². The average molecular weight is 303 g/mol. The Balaban J connectivity index is 1.88. The molecule has 0 unspecified atom stereocenters. The van der Waals surface area contributed by atoms with Crippen molar-refractivity contribution in [2.24, 2.45) is 7.05 Å². The summed E-state index contributed by atoms with van der Waals surface area (Å²) in [5, 5.41) is 4.51. The molecule has 1 aromatic carbocycles. The highest BCUT2D eigenvalue weighted by Crippen LogP contribution is 2.23. The van der Waals surface area contributed by atoms with Gasteiger partial charge in [0, 0.05) is 12.7 Å². The summed E-state index contributed by atoms with van der Waals surface area (Å²) >= 11 is 0. The molecule has 114 valence electrons. The Labute approximate surface area is 134 Å². The van der Waals surface area contributed by atoms with E-state index in [1.807, 2.05) is 68.0 Å². The van der Waals surface area contributed by atoms with E-state index in [1.165, 1.54) is 0 Å². The number of aromatic nitrogens is 5. The second kappa shape index (κ2) is 5.05. The number of benzene rings is 1. The summed E-state index contributed by atoms with van der Waals surface area (Å²) in [5.41, 5.74) is 4.97. The summed E-state index contributed by atoms with van der Waals surface area (Å²) < 4.78 is 3.93. The van der Waals surface area contributed by atoms with E-state index < -0.39 is 0 Å². The third-order valence-corrected chi connectivity index (χ3v) is 3.98. The Morgan fingerprint density at radius 1 is 0.913 bits per heavy atom. The highest BCUT2D eigenvalue weighted by Gasteiger charge is 2.12. The van der Waals surface area contributed by atoms with Crippen molar-refractivity contribution < 1.29 is 0 Å². The van der Waals surface area contributed by atoms with Crippen molar-refractivity contribution >= 4 is 11.0 Å². The van der Waals surface area contributed by atoms with Crippen molar-refractivity contribution in [3.63, 3.8) is 0 Å². The van der Waals surface area contributed by atoms with Crippen LogP contribution in [-0.2, 0) is 7.05 Å². The normalized spacial score (nSPS) is 11.3. The average Bonchev–Trinajstić information content (AvgIpc) is 3.07. The molecule has 0 saturated carbocycles. The van der Waals surface area contributed by atoms with Crippen LogP contribution in [0.5, 0.6) is 0 Å². The molecule has 0 aliphatic rings. The van der Waals surface area contributed by atoms with Crippen molar-refractivity contribution in [2.45, 2.75) is 13.8 Å². The van der Waals surface area contributed by atoms with Gasteiger partial charge in [0.2, 0.25) is 0 Å². The number of hydrogen-bond acceptors (Lipinski definition) is 3. The number of para-hydroxylation sites is 2. The fourth-order valence-electron chi connectivity index (χ4n) is 2.90. The second-order valence-corrected chi connectivity index (χ2v) is 5.70. The molecule has 0 amide bonds. The Morgan fingerprint density at radius 3 is 2.48 bits per heavy atom. The van der Waals surface area contributed by atoms with Crippen LogP contribution in [0.4, 0.5) is 0 Å². The number of imidazole rings is 1. The monoisotopic (exact) mass is 303 g/mol. The quantitative estimate of drug-likeness (QED) is 0.570. The van der Waals surface area contributed by atoms with Gasteiger partial charge in [-0.25, -0.2) is 14.6 Å². The van der Waals surface area contributed by atoms with E-state index in [9.17, 15) is 0 Å². The molecule has 5 nitrogen and oxygen atoms in total. The van der Waals surface area contributed by atoms with Crippen LogP contribution in [0.3, 0.4) is 0 Å². The smallest absolute Gasteiger partial charge is 0.159 e. The largest absolute Gasteiger partial charge is 0.326 e. The van der Waals surface area contributed by atoms with Gasteiger partial charge in [-0.2, -0.15) is 5.10 Å². The molecule has 0 fully saturated rings. The van der Waals surface area contributed by atoms with Gasteiger partial charge in [-0.1, -0.05) is 18.2 Å². The van der Waals surface area contributed by atoms with E-state index in [4.69, 9.17) is 9.97 Å². The number of nitrogens with zero attached hydrogens (tertiary/aromatic N) is 5. The SMILES string of the molecule is Cc1cc(C)n(-c2cccc(-c3nc4ccccc4n3C)n2)n1. The van der Waals surface area contributed by atoms with E-state index in [2.05, 4.69) is 15.7 Å². The van der Waals surface area contributed by atoms with Gasteiger partial charge in [-0.3, -0.25) is 0 Å². The third kappa shape index (κ3) is 2.21. The highest BCUT2D eigenvalue weighted by atomic mass is 15.3. The molecule has 0 aliphatic heterocycles. The number of rotatable bonds is 2. The van der Waals surface area contributed by atoms with Crippen molar-refractivity contribution in [1.82, 2.24) is 24.3 Å². The minimum Gasteiger partial charge on any atom is -0.326 e. The Bertz CT molecular complexity index is 1010. The maximum absolute atomic E-state index is 4.76. The number of fused-ring (bicyclic) bond motifs is 1. The van der Waals surface area contributed by atoms with Crippen LogP contribution in [-0.4, -0.2) is 24.3 Å².